The Balaban J connectivity index is 1.77. The lowest BCUT2D eigenvalue weighted by atomic mass is 9.88. The number of ether oxygens (including phenoxy) is 1. The minimum absolute atomic E-state index is 0.129. The van der Waals surface area contributed by atoms with Gasteiger partial charge in [0.2, 0.25) is 5.91 Å². The predicted molar refractivity (Wildman–Crippen MR) is 115 cm³/mol. The fourth-order valence-electron chi connectivity index (χ4n) is 3.89. The zero-order valence-corrected chi connectivity index (χ0v) is 17.8. The monoisotopic (exact) mass is 419 g/mol. The first-order valence-corrected chi connectivity index (χ1v) is 10.7. The molecule has 0 aromatic heterocycles. The number of rotatable bonds is 7. The SMILES string of the molecule is COc1ccccc1CN(CCc1ccc(Cl)cc1Cl)C(=O)C1CCCCC1. The Labute approximate surface area is 177 Å². The lowest BCUT2D eigenvalue weighted by Gasteiger charge is -2.30. The second-order valence-electron chi connectivity index (χ2n) is 7.39. The molecule has 150 valence electrons. The summed E-state index contributed by atoms with van der Waals surface area (Å²) in [6.45, 7) is 1.17. The molecule has 28 heavy (non-hydrogen) atoms. The maximum absolute atomic E-state index is 13.3. The van der Waals surface area contributed by atoms with Crippen LogP contribution in [-0.4, -0.2) is 24.5 Å². The minimum Gasteiger partial charge on any atom is -0.496 e. The summed E-state index contributed by atoms with van der Waals surface area (Å²) in [4.78, 5) is 15.3. The van der Waals surface area contributed by atoms with Gasteiger partial charge in [-0.15, -0.1) is 0 Å². The van der Waals surface area contributed by atoms with Crippen molar-refractivity contribution in [2.45, 2.75) is 45.1 Å². The van der Waals surface area contributed by atoms with Crippen molar-refractivity contribution in [2.75, 3.05) is 13.7 Å². The molecule has 0 heterocycles. The number of carbonyl (C=O) groups excluding carboxylic acids is 1. The summed E-state index contributed by atoms with van der Waals surface area (Å²) in [5, 5.41) is 1.27. The highest BCUT2D eigenvalue weighted by Gasteiger charge is 2.26. The van der Waals surface area contributed by atoms with E-state index < -0.39 is 0 Å². The Morgan fingerprint density at radius 3 is 2.54 bits per heavy atom. The topological polar surface area (TPSA) is 29.5 Å². The van der Waals surface area contributed by atoms with Gasteiger partial charge in [-0.1, -0.05) is 66.7 Å². The van der Waals surface area contributed by atoms with Crippen molar-refractivity contribution in [3.05, 3.63) is 63.6 Å². The van der Waals surface area contributed by atoms with Crippen molar-refractivity contribution < 1.29 is 9.53 Å². The maximum Gasteiger partial charge on any atom is 0.225 e. The number of hydrogen-bond acceptors (Lipinski definition) is 2. The molecule has 0 bridgehead atoms. The molecule has 0 aliphatic heterocycles. The van der Waals surface area contributed by atoms with Gasteiger partial charge in [-0.25, -0.2) is 0 Å². The number of halogens is 2. The molecule has 1 aliphatic rings. The third-order valence-corrected chi connectivity index (χ3v) is 6.07. The number of para-hydroxylation sites is 1. The van der Waals surface area contributed by atoms with E-state index in [0.29, 0.717) is 29.6 Å². The zero-order chi connectivity index (χ0) is 19.9. The summed E-state index contributed by atoms with van der Waals surface area (Å²) in [7, 11) is 1.67. The van der Waals surface area contributed by atoms with Crippen LogP contribution in [0.3, 0.4) is 0 Å². The largest absolute Gasteiger partial charge is 0.496 e. The Kier molecular flexibility index (Phi) is 7.64. The predicted octanol–water partition coefficient (Wildman–Crippen LogP) is 6.15. The molecule has 0 spiro atoms. The van der Waals surface area contributed by atoms with E-state index in [1.807, 2.05) is 41.3 Å². The van der Waals surface area contributed by atoms with Crippen LogP contribution in [0.4, 0.5) is 0 Å². The average molecular weight is 420 g/mol. The molecule has 0 radical (unpaired) electrons. The van der Waals surface area contributed by atoms with Crippen LogP contribution in [0.15, 0.2) is 42.5 Å². The molecule has 1 aliphatic carbocycles. The quantitative estimate of drug-likeness (QED) is 0.537. The molecule has 2 aromatic carbocycles. The molecule has 0 saturated heterocycles. The zero-order valence-electron chi connectivity index (χ0n) is 16.3. The van der Waals surface area contributed by atoms with Gasteiger partial charge < -0.3 is 9.64 Å². The number of benzene rings is 2. The van der Waals surface area contributed by atoms with Crippen LogP contribution in [0.2, 0.25) is 10.0 Å². The number of methoxy groups -OCH3 is 1. The average Bonchev–Trinajstić information content (AvgIpc) is 2.72. The number of hydrogen-bond donors (Lipinski definition) is 0. The van der Waals surface area contributed by atoms with Gasteiger partial charge in [-0.3, -0.25) is 4.79 Å². The molecule has 1 amide bonds. The normalized spacial score (nSPS) is 14.7. The summed E-state index contributed by atoms with van der Waals surface area (Å²) >= 11 is 12.4. The Bertz CT molecular complexity index is 803. The molecular formula is C23H27Cl2NO2. The van der Waals surface area contributed by atoms with E-state index in [4.69, 9.17) is 27.9 Å². The molecule has 0 unspecified atom stereocenters. The lowest BCUT2D eigenvalue weighted by molar-refractivity contribution is -0.137. The van der Waals surface area contributed by atoms with Gasteiger partial charge in [0.25, 0.3) is 0 Å². The highest BCUT2D eigenvalue weighted by atomic mass is 35.5. The van der Waals surface area contributed by atoms with Crippen molar-refractivity contribution in [3.63, 3.8) is 0 Å². The van der Waals surface area contributed by atoms with Crippen LogP contribution in [-0.2, 0) is 17.8 Å². The minimum atomic E-state index is 0.129. The maximum atomic E-state index is 13.3. The molecule has 5 heteroatoms. The van der Waals surface area contributed by atoms with Crippen molar-refractivity contribution in [1.29, 1.82) is 0 Å². The van der Waals surface area contributed by atoms with Crippen molar-refractivity contribution >= 4 is 29.1 Å². The fourth-order valence-corrected chi connectivity index (χ4v) is 4.40. The number of nitrogens with zero attached hydrogens (tertiary/aromatic N) is 1. The highest BCUT2D eigenvalue weighted by Crippen LogP contribution is 2.28. The second-order valence-corrected chi connectivity index (χ2v) is 8.24. The Morgan fingerprint density at radius 1 is 1.07 bits per heavy atom. The van der Waals surface area contributed by atoms with Crippen molar-refractivity contribution in [2.24, 2.45) is 5.92 Å². The van der Waals surface area contributed by atoms with Gasteiger partial charge in [0.05, 0.1) is 7.11 Å². The molecular weight excluding hydrogens is 393 g/mol. The standard InChI is InChI=1S/C23H27Cl2NO2/c1-28-22-10-6-5-9-19(22)16-26(23(27)18-7-3-2-4-8-18)14-13-17-11-12-20(24)15-21(17)25/h5-6,9-12,15,18H,2-4,7-8,13-14,16H2,1H3. The molecule has 0 N–H and O–H groups in total. The molecule has 3 nitrogen and oxygen atoms in total. The summed E-state index contributed by atoms with van der Waals surface area (Å²) in [5.41, 5.74) is 2.03. The Hall–Kier alpha value is -1.71. The lowest BCUT2D eigenvalue weighted by Crippen LogP contribution is -2.38. The van der Waals surface area contributed by atoms with Gasteiger partial charge in [-0.05, 0) is 43.0 Å². The molecule has 3 rings (SSSR count). The number of carbonyl (C=O) groups is 1. The third kappa shape index (κ3) is 5.42. The molecule has 1 fully saturated rings. The smallest absolute Gasteiger partial charge is 0.225 e. The first-order valence-electron chi connectivity index (χ1n) is 9.93. The summed E-state index contributed by atoms with van der Waals surface area (Å²) in [6.07, 6.45) is 6.19. The van der Waals surface area contributed by atoms with Crippen LogP contribution >= 0.6 is 23.2 Å². The van der Waals surface area contributed by atoms with Crippen molar-refractivity contribution in [3.8, 4) is 5.75 Å². The summed E-state index contributed by atoms with van der Waals surface area (Å²) in [5.74, 6) is 1.19. The fraction of sp³-hybridized carbons (Fsp3) is 0.435. The van der Waals surface area contributed by atoms with E-state index in [1.165, 1.54) is 6.42 Å². The van der Waals surface area contributed by atoms with Gasteiger partial charge >= 0.3 is 0 Å². The van der Waals surface area contributed by atoms with E-state index >= 15 is 0 Å². The van der Waals surface area contributed by atoms with Crippen LogP contribution in [0, 0.1) is 5.92 Å². The van der Waals surface area contributed by atoms with E-state index in [0.717, 1.165) is 42.6 Å². The van der Waals surface area contributed by atoms with Gasteiger partial charge in [0, 0.05) is 34.6 Å². The van der Waals surface area contributed by atoms with Gasteiger partial charge in [0.15, 0.2) is 0 Å². The van der Waals surface area contributed by atoms with Crippen molar-refractivity contribution in [1.82, 2.24) is 4.90 Å². The highest BCUT2D eigenvalue weighted by molar-refractivity contribution is 6.35. The molecule has 0 atom stereocenters. The van der Waals surface area contributed by atoms with Crippen LogP contribution < -0.4 is 4.74 Å². The van der Waals surface area contributed by atoms with Crippen LogP contribution in [0.1, 0.15) is 43.2 Å². The summed E-state index contributed by atoms with van der Waals surface area (Å²) in [6, 6.07) is 13.4. The molecule has 2 aromatic rings. The van der Waals surface area contributed by atoms with E-state index in [2.05, 4.69) is 0 Å². The van der Waals surface area contributed by atoms with E-state index in [-0.39, 0.29) is 11.8 Å². The van der Waals surface area contributed by atoms with E-state index in [1.54, 1.807) is 13.2 Å². The van der Waals surface area contributed by atoms with E-state index in [9.17, 15) is 4.79 Å². The van der Waals surface area contributed by atoms with Crippen LogP contribution in [0.5, 0.6) is 5.75 Å². The van der Waals surface area contributed by atoms with Gasteiger partial charge in [0.1, 0.15) is 5.75 Å². The second kappa shape index (κ2) is 10.2. The Morgan fingerprint density at radius 2 is 1.82 bits per heavy atom. The van der Waals surface area contributed by atoms with Gasteiger partial charge in [-0.2, -0.15) is 0 Å². The first-order chi connectivity index (χ1) is 13.6. The number of amides is 1. The third-order valence-electron chi connectivity index (χ3n) is 5.49. The summed E-state index contributed by atoms with van der Waals surface area (Å²) < 4.78 is 5.49. The van der Waals surface area contributed by atoms with Crippen LogP contribution in [0.25, 0.3) is 0 Å². The first kappa shape index (κ1) is 21.0. The molecule has 1 saturated carbocycles.